The van der Waals surface area contributed by atoms with Gasteiger partial charge in [0.2, 0.25) is 6.10 Å². The van der Waals surface area contributed by atoms with Gasteiger partial charge in [0.05, 0.1) is 12.2 Å². The van der Waals surface area contributed by atoms with Gasteiger partial charge in [-0.05, 0) is 25.5 Å². The van der Waals surface area contributed by atoms with E-state index in [4.69, 9.17) is 9.47 Å². The van der Waals surface area contributed by atoms with Crippen LogP contribution >= 0.6 is 0 Å². The molecule has 0 aromatic heterocycles. The van der Waals surface area contributed by atoms with Crippen LogP contribution in [0.1, 0.15) is 19.4 Å². The molecule has 0 fully saturated rings. The molecule has 0 aliphatic carbocycles. The van der Waals surface area contributed by atoms with Crippen molar-refractivity contribution in [1.29, 1.82) is 0 Å². The van der Waals surface area contributed by atoms with Gasteiger partial charge in [0.15, 0.2) is 0 Å². The molecule has 19 heavy (non-hydrogen) atoms. The summed E-state index contributed by atoms with van der Waals surface area (Å²) >= 11 is 0. The molecule has 1 aromatic rings. The fourth-order valence-corrected chi connectivity index (χ4v) is 2.05. The molecule has 1 aromatic carbocycles. The molecule has 1 N–H and O–H groups in total. The third-order valence-corrected chi connectivity index (χ3v) is 2.92. The van der Waals surface area contributed by atoms with E-state index in [9.17, 15) is 14.7 Å². The van der Waals surface area contributed by atoms with Crippen molar-refractivity contribution in [2.24, 2.45) is 0 Å². The molecule has 2 rings (SSSR count). The lowest BCUT2D eigenvalue weighted by atomic mass is 9.94. The molecule has 100 valence electrons. The smallest absolute Gasteiger partial charge is 0.349 e. The number of hydrogen-bond donors (Lipinski definition) is 1. The number of benzene rings is 1. The van der Waals surface area contributed by atoms with E-state index in [0.29, 0.717) is 16.9 Å². The minimum atomic E-state index is -1.33. The Morgan fingerprint density at radius 2 is 2.05 bits per heavy atom. The van der Waals surface area contributed by atoms with Crippen LogP contribution in [0, 0.1) is 0 Å². The average molecular weight is 262 g/mol. The Bertz CT molecular complexity index is 559. The van der Waals surface area contributed by atoms with Gasteiger partial charge >= 0.3 is 11.9 Å². The van der Waals surface area contributed by atoms with Crippen LogP contribution in [-0.2, 0) is 14.3 Å². The monoisotopic (exact) mass is 262 g/mol. The zero-order valence-corrected chi connectivity index (χ0v) is 10.7. The van der Waals surface area contributed by atoms with Crippen molar-refractivity contribution in [2.75, 3.05) is 6.61 Å². The molecular weight excluding hydrogens is 248 g/mol. The fraction of sp³-hybridized carbons (Fsp3) is 0.286. The second-order valence-electron chi connectivity index (χ2n) is 4.09. The van der Waals surface area contributed by atoms with Gasteiger partial charge < -0.3 is 14.6 Å². The normalized spacial score (nSPS) is 17.5. The zero-order valence-electron chi connectivity index (χ0n) is 10.7. The number of carboxylic acids is 1. The van der Waals surface area contributed by atoms with Crippen LogP contribution in [0.5, 0.6) is 5.75 Å². The van der Waals surface area contributed by atoms with Gasteiger partial charge in [-0.3, -0.25) is 0 Å². The summed E-state index contributed by atoms with van der Waals surface area (Å²) in [6, 6.07) is 7.01. The number of esters is 1. The fourth-order valence-electron chi connectivity index (χ4n) is 2.05. The summed E-state index contributed by atoms with van der Waals surface area (Å²) < 4.78 is 10.3. The maximum atomic E-state index is 11.9. The Balaban J connectivity index is 2.55. The van der Waals surface area contributed by atoms with Crippen LogP contribution in [0.4, 0.5) is 0 Å². The molecule has 0 amide bonds. The highest BCUT2D eigenvalue weighted by Gasteiger charge is 2.36. The molecule has 0 bridgehead atoms. The number of carbonyl (C=O) groups is 2. The Hall–Kier alpha value is -2.30. The van der Waals surface area contributed by atoms with Gasteiger partial charge in [-0.15, -0.1) is 0 Å². The van der Waals surface area contributed by atoms with E-state index < -0.39 is 18.0 Å². The zero-order chi connectivity index (χ0) is 14.0. The molecule has 0 saturated heterocycles. The van der Waals surface area contributed by atoms with E-state index in [0.717, 1.165) is 0 Å². The molecule has 0 radical (unpaired) electrons. The molecule has 1 atom stereocenters. The van der Waals surface area contributed by atoms with Crippen LogP contribution in [0.25, 0.3) is 5.57 Å². The molecule has 0 saturated carbocycles. The van der Waals surface area contributed by atoms with Crippen molar-refractivity contribution in [3.05, 3.63) is 35.4 Å². The first kappa shape index (κ1) is 13.1. The highest BCUT2D eigenvalue weighted by molar-refractivity contribution is 6.05. The maximum absolute atomic E-state index is 11.9. The van der Waals surface area contributed by atoms with Crippen molar-refractivity contribution in [3.63, 3.8) is 0 Å². The van der Waals surface area contributed by atoms with Gasteiger partial charge in [0, 0.05) is 5.56 Å². The number of hydrogen-bond acceptors (Lipinski definition) is 4. The number of ether oxygens (including phenoxy) is 2. The minimum absolute atomic E-state index is 0.0491. The minimum Gasteiger partial charge on any atom is -0.478 e. The van der Waals surface area contributed by atoms with Gasteiger partial charge in [-0.2, -0.15) is 0 Å². The second-order valence-corrected chi connectivity index (χ2v) is 4.09. The van der Waals surface area contributed by atoms with Crippen LogP contribution in [0.3, 0.4) is 0 Å². The third kappa shape index (κ3) is 2.31. The molecule has 5 heteroatoms. The van der Waals surface area contributed by atoms with E-state index in [2.05, 4.69) is 0 Å². The number of aliphatic carboxylic acids is 1. The SMILES string of the molecule is CCOC(=O)C1=C(C)c2ccccc2O[C@H]1C(=O)O. The van der Waals surface area contributed by atoms with Crippen LogP contribution in [0.2, 0.25) is 0 Å². The molecule has 0 unspecified atom stereocenters. The van der Waals surface area contributed by atoms with Crippen molar-refractivity contribution < 1.29 is 24.2 Å². The number of fused-ring (bicyclic) bond motifs is 1. The molecule has 1 aliphatic heterocycles. The first-order valence-electron chi connectivity index (χ1n) is 5.93. The van der Waals surface area contributed by atoms with Gasteiger partial charge in [0.1, 0.15) is 5.75 Å². The van der Waals surface area contributed by atoms with E-state index in [1.807, 2.05) is 0 Å². The van der Waals surface area contributed by atoms with Gasteiger partial charge in [-0.1, -0.05) is 18.2 Å². The summed E-state index contributed by atoms with van der Waals surface area (Å²) in [5.74, 6) is -1.40. The summed E-state index contributed by atoms with van der Waals surface area (Å²) in [5, 5.41) is 9.20. The molecule has 5 nitrogen and oxygen atoms in total. The third-order valence-electron chi connectivity index (χ3n) is 2.92. The Morgan fingerprint density at radius 1 is 1.37 bits per heavy atom. The first-order valence-corrected chi connectivity index (χ1v) is 5.93. The van der Waals surface area contributed by atoms with Crippen LogP contribution < -0.4 is 4.74 Å². The lowest BCUT2D eigenvalue weighted by Crippen LogP contribution is -2.36. The van der Waals surface area contributed by atoms with E-state index >= 15 is 0 Å². The van der Waals surface area contributed by atoms with Crippen molar-refractivity contribution in [1.82, 2.24) is 0 Å². The van der Waals surface area contributed by atoms with Crippen LogP contribution in [0.15, 0.2) is 29.8 Å². The summed E-state index contributed by atoms with van der Waals surface area (Å²) in [4.78, 5) is 23.2. The predicted molar refractivity (Wildman–Crippen MR) is 67.7 cm³/mol. The molecule has 1 heterocycles. The van der Waals surface area contributed by atoms with E-state index in [1.54, 1.807) is 38.1 Å². The second kappa shape index (κ2) is 5.14. The van der Waals surface area contributed by atoms with Gasteiger partial charge in [0.25, 0.3) is 0 Å². The van der Waals surface area contributed by atoms with E-state index in [1.165, 1.54) is 0 Å². The maximum Gasteiger partial charge on any atom is 0.349 e. The lowest BCUT2D eigenvalue weighted by Gasteiger charge is -2.26. The Kier molecular flexibility index (Phi) is 3.55. The summed E-state index contributed by atoms with van der Waals surface area (Å²) in [6.07, 6.45) is -1.33. The number of carbonyl (C=O) groups excluding carboxylic acids is 1. The quantitative estimate of drug-likeness (QED) is 0.842. The Morgan fingerprint density at radius 3 is 2.68 bits per heavy atom. The van der Waals surface area contributed by atoms with Crippen LogP contribution in [-0.4, -0.2) is 29.8 Å². The standard InChI is InChI=1S/C14H14O5/c1-3-18-14(17)11-8(2)9-6-4-5-7-10(9)19-12(11)13(15)16/h4-7,12H,3H2,1-2H3,(H,15,16)/t12-/m1/s1. The topological polar surface area (TPSA) is 72.8 Å². The number of allylic oxidation sites excluding steroid dienone is 1. The average Bonchev–Trinajstić information content (AvgIpc) is 2.38. The summed E-state index contributed by atoms with van der Waals surface area (Å²) in [6.45, 7) is 3.55. The number of rotatable bonds is 3. The summed E-state index contributed by atoms with van der Waals surface area (Å²) in [7, 11) is 0. The van der Waals surface area contributed by atoms with Crippen molar-refractivity contribution >= 4 is 17.5 Å². The number of carboxylic acid groups (broad SMARTS) is 1. The molecule has 1 aliphatic rings. The van der Waals surface area contributed by atoms with Crippen molar-refractivity contribution in [3.8, 4) is 5.75 Å². The first-order chi connectivity index (χ1) is 9.06. The summed E-state index contributed by atoms with van der Waals surface area (Å²) in [5.41, 5.74) is 1.34. The molecular formula is C14H14O5. The van der Waals surface area contributed by atoms with Crippen molar-refractivity contribution in [2.45, 2.75) is 20.0 Å². The Labute approximate surface area is 110 Å². The molecule has 0 spiro atoms. The predicted octanol–water partition coefficient (Wildman–Crippen LogP) is 1.87. The largest absolute Gasteiger partial charge is 0.478 e. The van der Waals surface area contributed by atoms with Gasteiger partial charge in [-0.25, -0.2) is 9.59 Å². The number of para-hydroxylation sites is 1. The highest BCUT2D eigenvalue weighted by atomic mass is 16.5. The highest BCUT2D eigenvalue weighted by Crippen LogP contribution is 2.36. The lowest BCUT2D eigenvalue weighted by molar-refractivity contribution is -0.148. The van der Waals surface area contributed by atoms with E-state index in [-0.39, 0.29) is 12.2 Å².